The molecule has 1 fully saturated rings. The highest BCUT2D eigenvalue weighted by Gasteiger charge is 2.31. The van der Waals surface area contributed by atoms with Gasteiger partial charge in [-0.25, -0.2) is 4.98 Å². The van der Waals surface area contributed by atoms with E-state index >= 15 is 0 Å². The van der Waals surface area contributed by atoms with Crippen LogP contribution in [0.15, 0.2) is 42.6 Å². The second kappa shape index (κ2) is 10.2. The van der Waals surface area contributed by atoms with Gasteiger partial charge < -0.3 is 10.2 Å². The monoisotopic (exact) mass is 437 g/mol. The molecule has 1 aromatic heterocycles. The SMILES string of the molecule is Cc1ccc(CSCCNC(=O)C2CCN(c3ccc(C(F)(F)F)cn3)CC2)cc1. The van der Waals surface area contributed by atoms with Crippen molar-refractivity contribution in [1.29, 1.82) is 0 Å². The Morgan fingerprint density at radius 3 is 2.47 bits per heavy atom. The molecule has 1 aromatic carbocycles. The molecule has 1 aliphatic heterocycles. The number of nitrogens with zero attached hydrogens (tertiary/aromatic N) is 2. The zero-order valence-electron chi connectivity index (χ0n) is 16.9. The molecule has 1 saturated heterocycles. The Kier molecular flexibility index (Phi) is 7.64. The first-order valence-electron chi connectivity index (χ1n) is 10.0. The van der Waals surface area contributed by atoms with Gasteiger partial charge in [0, 0.05) is 43.3 Å². The Labute approximate surface area is 179 Å². The van der Waals surface area contributed by atoms with Gasteiger partial charge in [0.1, 0.15) is 5.82 Å². The van der Waals surface area contributed by atoms with Crippen LogP contribution in [0.5, 0.6) is 0 Å². The van der Waals surface area contributed by atoms with Crippen LogP contribution in [0.3, 0.4) is 0 Å². The van der Waals surface area contributed by atoms with Crippen molar-refractivity contribution in [2.45, 2.75) is 31.7 Å². The molecule has 2 aromatic rings. The van der Waals surface area contributed by atoms with E-state index in [9.17, 15) is 18.0 Å². The van der Waals surface area contributed by atoms with Gasteiger partial charge in [-0.2, -0.15) is 24.9 Å². The van der Waals surface area contributed by atoms with Crippen molar-refractivity contribution in [1.82, 2.24) is 10.3 Å². The number of piperidine rings is 1. The number of anilines is 1. The summed E-state index contributed by atoms with van der Waals surface area (Å²) in [5.74, 6) is 2.31. The molecule has 0 aliphatic carbocycles. The first kappa shape index (κ1) is 22.5. The lowest BCUT2D eigenvalue weighted by Gasteiger charge is -2.32. The molecule has 0 bridgehead atoms. The third-order valence-corrected chi connectivity index (χ3v) is 6.23. The molecular formula is C22H26F3N3OS. The number of carbonyl (C=O) groups is 1. The normalized spacial score (nSPS) is 15.3. The number of rotatable bonds is 7. The summed E-state index contributed by atoms with van der Waals surface area (Å²) in [5, 5.41) is 3.01. The minimum Gasteiger partial charge on any atom is -0.357 e. The highest BCUT2D eigenvalue weighted by molar-refractivity contribution is 7.98. The zero-order valence-corrected chi connectivity index (χ0v) is 17.7. The molecule has 30 heavy (non-hydrogen) atoms. The standard InChI is InChI=1S/C22H26F3N3OS/c1-16-2-4-17(5-3-16)15-30-13-10-26-21(29)18-8-11-28(12-9-18)20-7-6-19(14-27-20)22(23,24)25/h2-7,14,18H,8-13,15H2,1H3,(H,26,29). The van der Waals surface area contributed by atoms with Gasteiger partial charge >= 0.3 is 6.18 Å². The van der Waals surface area contributed by atoms with E-state index in [4.69, 9.17) is 0 Å². The molecule has 8 heteroatoms. The summed E-state index contributed by atoms with van der Waals surface area (Å²) in [4.78, 5) is 18.3. The largest absolute Gasteiger partial charge is 0.417 e. The van der Waals surface area contributed by atoms with Crippen molar-refractivity contribution in [2.75, 3.05) is 30.3 Å². The van der Waals surface area contributed by atoms with Crippen LogP contribution in [-0.2, 0) is 16.7 Å². The molecule has 1 N–H and O–H groups in total. The maximum Gasteiger partial charge on any atom is 0.417 e. The molecule has 1 amide bonds. The van der Waals surface area contributed by atoms with E-state index in [1.165, 1.54) is 17.2 Å². The summed E-state index contributed by atoms with van der Waals surface area (Å²) in [6.07, 6.45) is -2.17. The second-order valence-corrected chi connectivity index (χ2v) is 8.60. The first-order valence-corrected chi connectivity index (χ1v) is 11.2. The van der Waals surface area contributed by atoms with E-state index in [1.54, 1.807) is 11.8 Å². The third-order valence-electron chi connectivity index (χ3n) is 5.20. The third kappa shape index (κ3) is 6.39. The second-order valence-electron chi connectivity index (χ2n) is 7.49. The number of amides is 1. The van der Waals surface area contributed by atoms with Crippen LogP contribution >= 0.6 is 11.8 Å². The van der Waals surface area contributed by atoms with E-state index in [1.807, 2.05) is 4.90 Å². The molecule has 0 unspecified atom stereocenters. The van der Waals surface area contributed by atoms with E-state index in [2.05, 4.69) is 41.5 Å². The molecule has 0 radical (unpaired) electrons. The van der Waals surface area contributed by atoms with Crippen molar-refractivity contribution < 1.29 is 18.0 Å². The number of pyridine rings is 1. The number of aryl methyl sites for hydroxylation is 1. The topological polar surface area (TPSA) is 45.2 Å². The van der Waals surface area contributed by atoms with Crippen LogP contribution in [-0.4, -0.2) is 36.3 Å². The van der Waals surface area contributed by atoms with E-state index in [0.29, 0.717) is 38.3 Å². The van der Waals surface area contributed by atoms with Gasteiger partial charge in [0.2, 0.25) is 5.91 Å². The molecular weight excluding hydrogens is 411 g/mol. The number of aromatic nitrogens is 1. The summed E-state index contributed by atoms with van der Waals surface area (Å²) in [5.41, 5.74) is 1.78. The highest BCUT2D eigenvalue weighted by Crippen LogP contribution is 2.30. The van der Waals surface area contributed by atoms with E-state index < -0.39 is 11.7 Å². The number of benzene rings is 1. The van der Waals surface area contributed by atoms with E-state index in [-0.39, 0.29) is 11.8 Å². The van der Waals surface area contributed by atoms with Crippen molar-refractivity contribution in [2.24, 2.45) is 5.92 Å². The van der Waals surface area contributed by atoms with Crippen LogP contribution in [0.4, 0.5) is 19.0 Å². The summed E-state index contributed by atoms with van der Waals surface area (Å²) in [6.45, 7) is 3.92. The first-order chi connectivity index (χ1) is 14.3. The average Bonchev–Trinajstić information content (AvgIpc) is 2.74. The Hall–Kier alpha value is -2.22. The predicted octanol–water partition coefficient (Wildman–Crippen LogP) is 4.67. The van der Waals surface area contributed by atoms with Crippen LogP contribution in [0.1, 0.15) is 29.5 Å². The number of alkyl halides is 3. The fraction of sp³-hybridized carbons (Fsp3) is 0.455. The number of nitrogens with one attached hydrogen (secondary N) is 1. The van der Waals surface area contributed by atoms with Gasteiger partial charge in [-0.3, -0.25) is 4.79 Å². The van der Waals surface area contributed by atoms with Crippen molar-refractivity contribution in [3.63, 3.8) is 0 Å². The Morgan fingerprint density at radius 1 is 1.17 bits per heavy atom. The smallest absolute Gasteiger partial charge is 0.357 e. The maximum absolute atomic E-state index is 12.7. The number of thioether (sulfide) groups is 1. The number of carbonyl (C=O) groups excluding carboxylic acids is 1. The number of hydrogen-bond acceptors (Lipinski definition) is 4. The molecule has 3 rings (SSSR count). The quantitative estimate of drug-likeness (QED) is 0.639. The Balaban J connectivity index is 1.35. The van der Waals surface area contributed by atoms with Gasteiger partial charge in [-0.05, 0) is 37.5 Å². The maximum atomic E-state index is 12.7. The molecule has 0 atom stereocenters. The molecule has 0 spiro atoms. The molecule has 4 nitrogen and oxygen atoms in total. The number of hydrogen-bond donors (Lipinski definition) is 1. The molecule has 0 saturated carbocycles. The lowest BCUT2D eigenvalue weighted by Crippen LogP contribution is -2.41. The predicted molar refractivity (Wildman–Crippen MR) is 115 cm³/mol. The van der Waals surface area contributed by atoms with Gasteiger partial charge in [0.05, 0.1) is 5.56 Å². The van der Waals surface area contributed by atoms with Gasteiger partial charge in [-0.1, -0.05) is 29.8 Å². The summed E-state index contributed by atoms with van der Waals surface area (Å²) >= 11 is 1.79. The summed E-state index contributed by atoms with van der Waals surface area (Å²) in [6, 6.07) is 10.9. The minimum absolute atomic E-state index is 0.0576. The van der Waals surface area contributed by atoms with Crippen LogP contribution in [0.2, 0.25) is 0 Å². The Bertz CT molecular complexity index is 817. The lowest BCUT2D eigenvalue weighted by molar-refractivity contribution is -0.137. The van der Waals surface area contributed by atoms with Gasteiger partial charge in [-0.15, -0.1) is 0 Å². The highest BCUT2D eigenvalue weighted by atomic mass is 32.2. The van der Waals surface area contributed by atoms with E-state index in [0.717, 1.165) is 23.8 Å². The van der Waals surface area contributed by atoms with Crippen molar-refractivity contribution >= 4 is 23.5 Å². The number of halogens is 3. The average molecular weight is 438 g/mol. The van der Waals surface area contributed by atoms with Crippen LogP contribution in [0, 0.1) is 12.8 Å². The summed E-state index contributed by atoms with van der Waals surface area (Å²) < 4.78 is 38.0. The fourth-order valence-corrected chi connectivity index (χ4v) is 4.20. The zero-order chi connectivity index (χ0) is 21.6. The molecule has 2 heterocycles. The van der Waals surface area contributed by atoms with Crippen LogP contribution < -0.4 is 10.2 Å². The fourth-order valence-electron chi connectivity index (χ4n) is 3.38. The van der Waals surface area contributed by atoms with Crippen molar-refractivity contribution in [3.05, 3.63) is 59.3 Å². The lowest BCUT2D eigenvalue weighted by atomic mass is 9.96. The van der Waals surface area contributed by atoms with Gasteiger partial charge in [0.25, 0.3) is 0 Å². The van der Waals surface area contributed by atoms with Gasteiger partial charge in [0.15, 0.2) is 0 Å². The van der Waals surface area contributed by atoms with Crippen LogP contribution in [0.25, 0.3) is 0 Å². The summed E-state index contributed by atoms with van der Waals surface area (Å²) in [7, 11) is 0. The Morgan fingerprint density at radius 2 is 1.87 bits per heavy atom. The minimum atomic E-state index is -4.38. The molecule has 1 aliphatic rings. The molecule has 162 valence electrons. The van der Waals surface area contributed by atoms with Crippen molar-refractivity contribution in [3.8, 4) is 0 Å².